The van der Waals surface area contributed by atoms with Gasteiger partial charge in [-0.15, -0.1) is 0 Å². The molecule has 0 bridgehead atoms. The molecule has 5 aliphatic carbocycles. The lowest BCUT2D eigenvalue weighted by Gasteiger charge is -2.71. The number of fused-ring (bicyclic) bond motifs is 7. The minimum absolute atomic E-state index is 0.0558. The predicted molar refractivity (Wildman–Crippen MR) is 225 cm³/mol. The van der Waals surface area contributed by atoms with E-state index in [1.807, 2.05) is 13.0 Å². The molecule has 0 amide bonds. The average Bonchev–Trinajstić information content (AvgIpc) is 3.23. The van der Waals surface area contributed by atoms with Crippen molar-refractivity contribution in [2.24, 2.45) is 50.2 Å². The summed E-state index contributed by atoms with van der Waals surface area (Å²) in [5.74, 6) is -2.18. The fraction of sp³-hybridized carbons (Fsp3) is 0.915. The Morgan fingerprint density at radius 3 is 2.05 bits per heavy atom. The maximum absolute atomic E-state index is 15.0. The molecular formula is C47H74O18. The van der Waals surface area contributed by atoms with Gasteiger partial charge in [0, 0.05) is 16.7 Å². The summed E-state index contributed by atoms with van der Waals surface area (Å²) < 4.78 is 35.9. The van der Waals surface area contributed by atoms with Gasteiger partial charge in [-0.2, -0.15) is 0 Å². The molecule has 18 heteroatoms. The highest BCUT2D eigenvalue weighted by molar-refractivity contribution is 5.95. The van der Waals surface area contributed by atoms with E-state index in [4.69, 9.17) is 28.4 Å². The number of aliphatic hydroxyl groups is 9. The zero-order valence-corrected chi connectivity index (χ0v) is 38.9. The Morgan fingerprint density at radius 1 is 0.723 bits per heavy atom. The van der Waals surface area contributed by atoms with Crippen LogP contribution in [0.3, 0.4) is 0 Å². The van der Waals surface area contributed by atoms with Crippen LogP contribution in [-0.2, 0) is 38.0 Å². The minimum atomic E-state index is -2.05. The molecule has 0 spiro atoms. The first-order valence-electron chi connectivity index (χ1n) is 23.6. The van der Waals surface area contributed by atoms with Crippen molar-refractivity contribution < 1.29 is 89.1 Å². The second-order valence-electron chi connectivity index (χ2n) is 23.1. The molecule has 370 valence electrons. The lowest BCUT2D eigenvalue weighted by atomic mass is 9.33. The average molecular weight is 927 g/mol. The molecule has 0 aromatic rings. The molecule has 8 rings (SSSR count). The van der Waals surface area contributed by atoms with Crippen molar-refractivity contribution in [3.05, 3.63) is 11.6 Å². The Morgan fingerprint density at radius 2 is 1.38 bits per heavy atom. The summed E-state index contributed by atoms with van der Waals surface area (Å²) in [6.45, 7) is 15.7. The number of rotatable bonds is 8. The third-order valence-electron chi connectivity index (χ3n) is 18.9. The van der Waals surface area contributed by atoms with Gasteiger partial charge in [-0.05, 0) is 97.9 Å². The van der Waals surface area contributed by atoms with Crippen molar-refractivity contribution in [3.8, 4) is 0 Å². The molecule has 3 saturated heterocycles. The summed E-state index contributed by atoms with van der Waals surface area (Å²) in [5, 5.41) is 109. The molecule has 3 heterocycles. The number of carbonyl (C=O) groups is 2. The third kappa shape index (κ3) is 7.62. The Kier molecular flexibility index (Phi) is 13.0. The van der Waals surface area contributed by atoms with Gasteiger partial charge in [0.1, 0.15) is 54.9 Å². The highest BCUT2D eigenvalue weighted by Crippen LogP contribution is 2.75. The normalized spacial score (nSPS) is 55.5. The van der Waals surface area contributed by atoms with Gasteiger partial charge in [-0.1, -0.05) is 54.0 Å². The minimum Gasteiger partial charge on any atom is -0.479 e. The maximum atomic E-state index is 15.0. The first kappa shape index (κ1) is 49.7. The number of hydrogen-bond acceptors (Lipinski definition) is 17. The second kappa shape index (κ2) is 17.0. The van der Waals surface area contributed by atoms with E-state index in [0.29, 0.717) is 25.7 Å². The SMILES string of the molecule is C[C@@H]1O[C@@H](O[C@H]2[C@H](O[C@H]3[C@H](O[C@H]4CC[C@@]5(C)[C@@H](CC[C@]6(C)[C@@H]5C(=O)C=C5[C@@H]7CC(C)(C)C[C@@H](O)[C@]7(C)CC[C@]56C)[C@@]4(C)CO)O[C@H](C(=O)O)[C@@H](O)[C@@H]3O)OC[C@@H](O)[C@@H]2O)[C@H](O)[C@H](O)[C@H]1O. The lowest BCUT2D eigenvalue weighted by Crippen LogP contribution is -2.69. The number of hydrogen-bond donors (Lipinski definition) is 10. The van der Waals surface area contributed by atoms with E-state index < -0.39 is 133 Å². The van der Waals surface area contributed by atoms with Crippen LogP contribution in [0.2, 0.25) is 0 Å². The number of carbonyl (C=O) groups excluding carboxylic acids is 1. The fourth-order valence-electron chi connectivity index (χ4n) is 14.7. The number of carboxylic acid groups (broad SMARTS) is 1. The van der Waals surface area contributed by atoms with Crippen molar-refractivity contribution in [1.29, 1.82) is 0 Å². The van der Waals surface area contributed by atoms with Crippen LogP contribution in [0.25, 0.3) is 0 Å². The van der Waals surface area contributed by atoms with Gasteiger partial charge >= 0.3 is 5.97 Å². The van der Waals surface area contributed by atoms with Crippen LogP contribution in [0, 0.1) is 50.2 Å². The maximum Gasteiger partial charge on any atom is 0.335 e. The monoisotopic (exact) mass is 926 g/mol. The molecule has 8 aliphatic rings. The Labute approximate surface area is 380 Å². The van der Waals surface area contributed by atoms with Gasteiger partial charge in [0.2, 0.25) is 0 Å². The van der Waals surface area contributed by atoms with Crippen molar-refractivity contribution in [3.63, 3.8) is 0 Å². The van der Waals surface area contributed by atoms with Crippen molar-refractivity contribution in [1.82, 2.24) is 0 Å². The lowest BCUT2D eigenvalue weighted by molar-refractivity contribution is -0.387. The Balaban J connectivity index is 1.08. The first-order chi connectivity index (χ1) is 30.2. The largest absolute Gasteiger partial charge is 0.479 e. The molecule has 10 N–H and O–H groups in total. The number of carboxylic acids is 1. The van der Waals surface area contributed by atoms with E-state index in [1.54, 1.807) is 0 Å². The molecular weight excluding hydrogens is 852 g/mol. The standard InChI is InChI=1S/C47H74O18/c1-20-28(52)30(54)33(57)39(61-20)64-35-29(53)24(50)18-60-40(35)65-36-32(56)31(55)34(38(58)59)63-41(36)62-27-10-11-44(5)25(45(27,6)19-48)9-12-47(8)37(44)23(49)15-21-22-16-42(2,3)17-26(51)43(22,4)13-14-46(21,47)7/h15,20,22,24-37,39-41,48,50-57H,9-14,16-19H2,1-8H3,(H,58,59)/t20-,22-,24+,25+,26+,27-,28-,29-,30+,31-,32-,33+,34-,35+,36+,37+,39-,40-,41+,43+,44-,45+,46+,47+/m0/s1. The van der Waals surface area contributed by atoms with Crippen LogP contribution >= 0.6 is 0 Å². The second-order valence-corrected chi connectivity index (χ2v) is 23.1. The smallest absolute Gasteiger partial charge is 0.335 e. The van der Waals surface area contributed by atoms with Gasteiger partial charge in [-0.3, -0.25) is 4.79 Å². The molecule has 24 atom stereocenters. The molecule has 65 heavy (non-hydrogen) atoms. The van der Waals surface area contributed by atoms with Gasteiger partial charge in [0.25, 0.3) is 0 Å². The molecule has 4 saturated carbocycles. The van der Waals surface area contributed by atoms with Crippen molar-refractivity contribution >= 4 is 11.8 Å². The number of ether oxygens (including phenoxy) is 6. The third-order valence-corrected chi connectivity index (χ3v) is 18.9. The Hall–Kier alpha value is -1.72. The van der Waals surface area contributed by atoms with E-state index in [2.05, 4.69) is 41.5 Å². The van der Waals surface area contributed by atoms with Crippen LogP contribution < -0.4 is 0 Å². The molecule has 0 aromatic carbocycles. The van der Waals surface area contributed by atoms with Gasteiger partial charge < -0.3 is 79.5 Å². The zero-order valence-electron chi connectivity index (χ0n) is 38.9. The predicted octanol–water partition coefficient (Wildman–Crippen LogP) is 0.523. The van der Waals surface area contributed by atoms with E-state index in [1.165, 1.54) is 6.92 Å². The summed E-state index contributed by atoms with van der Waals surface area (Å²) >= 11 is 0. The summed E-state index contributed by atoms with van der Waals surface area (Å²) in [4.78, 5) is 27.4. The number of ketones is 1. The van der Waals surface area contributed by atoms with E-state index in [-0.39, 0.29) is 46.9 Å². The van der Waals surface area contributed by atoms with E-state index in [9.17, 15) is 60.7 Å². The zero-order chi connectivity index (χ0) is 47.7. The van der Waals surface area contributed by atoms with Crippen LogP contribution in [0.5, 0.6) is 0 Å². The van der Waals surface area contributed by atoms with Crippen molar-refractivity contribution in [2.75, 3.05) is 13.2 Å². The number of allylic oxidation sites excluding steroid dienone is 2. The summed E-state index contributed by atoms with van der Waals surface area (Å²) in [5.41, 5.74) is -1.71. The highest BCUT2D eigenvalue weighted by atomic mass is 16.8. The van der Waals surface area contributed by atoms with Crippen LogP contribution in [0.1, 0.15) is 107 Å². The summed E-state index contributed by atoms with van der Waals surface area (Å²) in [6, 6.07) is 0. The van der Waals surface area contributed by atoms with Crippen molar-refractivity contribution in [2.45, 2.75) is 205 Å². The topological polar surface area (TPSA) is 292 Å². The van der Waals surface area contributed by atoms with Gasteiger partial charge in [0.05, 0.1) is 31.5 Å². The molecule has 7 fully saturated rings. The molecule has 0 radical (unpaired) electrons. The van der Waals surface area contributed by atoms with Crippen LogP contribution in [0.15, 0.2) is 11.6 Å². The molecule has 3 aliphatic heterocycles. The molecule has 0 aromatic heterocycles. The van der Waals surface area contributed by atoms with Gasteiger partial charge in [0.15, 0.2) is 30.8 Å². The fourth-order valence-corrected chi connectivity index (χ4v) is 14.7. The number of aliphatic hydroxyl groups excluding tert-OH is 9. The van der Waals surface area contributed by atoms with E-state index in [0.717, 1.165) is 24.8 Å². The highest BCUT2D eigenvalue weighted by Gasteiger charge is 2.71. The molecule has 18 nitrogen and oxygen atoms in total. The van der Waals surface area contributed by atoms with Crippen LogP contribution in [0.4, 0.5) is 0 Å². The quantitative estimate of drug-likeness (QED) is 0.149. The van der Waals surface area contributed by atoms with Crippen LogP contribution in [-0.4, -0.2) is 174 Å². The van der Waals surface area contributed by atoms with Gasteiger partial charge in [-0.25, -0.2) is 4.79 Å². The summed E-state index contributed by atoms with van der Waals surface area (Å²) in [7, 11) is 0. The van der Waals surface area contributed by atoms with E-state index >= 15 is 0 Å². The summed E-state index contributed by atoms with van der Waals surface area (Å²) in [6.07, 6.45) is -18.0. The Bertz CT molecular complexity index is 1850. The number of aliphatic carboxylic acids is 1. The molecule has 0 unspecified atom stereocenters. The first-order valence-corrected chi connectivity index (χ1v) is 23.6.